The Labute approximate surface area is 154 Å². The van der Waals surface area contributed by atoms with Crippen LogP contribution in [0.25, 0.3) is 11.2 Å². The molecule has 26 heavy (non-hydrogen) atoms. The normalized spacial score (nSPS) is 10.8. The van der Waals surface area contributed by atoms with E-state index in [2.05, 4.69) is 37.5 Å². The maximum absolute atomic E-state index is 12.0. The van der Waals surface area contributed by atoms with Gasteiger partial charge in [-0.1, -0.05) is 13.3 Å². The van der Waals surface area contributed by atoms with Gasteiger partial charge < -0.3 is 15.6 Å². The van der Waals surface area contributed by atoms with Gasteiger partial charge in [0.1, 0.15) is 5.82 Å². The maximum atomic E-state index is 12.0. The number of aryl methyl sites for hydroxylation is 1. The molecule has 3 heterocycles. The van der Waals surface area contributed by atoms with Gasteiger partial charge in [0, 0.05) is 6.54 Å². The largest absolute Gasteiger partial charge is 0.371 e. The first-order valence-corrected chi connectivity index (χ1v) is 9.23. The van der Waals surface area contributed by atoms with Crippen LogP contribution < -0.4 is 16.2 Å². The Morgan fingerprint density at radius 1 is 1.31 bits per heavy atom. The number of amides is 1. The lowest BCUT2D eigenvalue weighted by atomic mass is 10.3. The van der Waals surface area contributed by atoms with Gasteiger partial charge in [0.2, 0.25) is 0 Å². The van der Waals surface area contributed by atoms with Gasteiger partial charge in [-0.2, -0.15) is 0 Å². The zero-order valence-electron chi connectivity index (χ0n) is 14.6. The van der Waals surface area contributed by atoms with Gasteiger partial charge >= 0.3 is 0 Å². The van der Waals surface area contributed by atoms with Crippen molar-refractivity contribution in [3.05, 3.63) is 45.1 Å². The van der Waals surface area contributed by atoms with Crippen LogP contribution in [0.4, 0.5) is 5.00 Å². The molecule has 0 fully saturated rings. The highest BCUT2D eigenvalue weighted by atomic mass is 32.1. The Morgan fingerprint density at radius 3 is 2.96 bits per heavy atom. The predicted molar refractivity (Wildman–Crippen MR) is 102 cm³/mol. The van der Waals surface area contributed by atoms with Crippen molar-refractivity contribution in [1.29, 1.82) is 0 Å². The third-order valence-electron chi connectivity index (χ3n) is 3.68. The van der Waals surface area contributed by atoms with E-state index in [1.807, 2.05) is 6.07 Å². The van der Waals surface area contributed by atoms with E-state index in [1.165, 1.54) is 11.3 Å². The van der Waals surface area contributed by atoms with Crippen molar-refractivity contribution < 1.29 is 4.79 Å². The minimum atomic E-state index is -0.302. The molecule has 0 aliphatic carbocycles. The van der Waals surface area contributed by atoms with Crippen LogP contribution in [0.1, 0.15) is 41.0 Å². The minimum absolute atomic E-state index is 0.0602. The van der Waals surface area contributed by atoms with Crippen LogP contribution in [-0.2, 0) is 6.54 Å². The number of aromatic nitrogens is 4. The van der Waals surface area contributed by atoms with Crippen molar-refractivity contribution >= 4 is 33.4 Å². The molecule has 9 heteroatoms. The number of thiophene rings is 1. The van der Waals surface area contributed by atoms with Crippen LogP contribution in [0.3, 0.4) is 0 Å². The van der Waals surface area contributed by atoms with E-state index in [-0.39, 0.29) is 17.0 Å². The molecular weight excluding hydrogens is 352 g/mol. The number of nitrogens with zero attached hydrogens (tertiary/aromatic N) is 3. The summed E-state index contributed by atoms with van der Waals surface area (Å²) >= 11 is 1.38. The summed E-state index contributed by atoms with van der Waals surface area (Å²) in [5.74, 6) is 0.445. The standard InChI is InChI=1S/C17H20N6O2S/c1-3-4-7-18-16(24)12-5-6-13(26-12)19-8-11-9-20-15-14(23-11)17(25)22-10(2)21-15/h5-6,9,19H,3-4,7-8H2,1-2H3,(H,18,24)(H,20,21,22,25). The second-order valence-corrected chi connectivity index (χ2v) is 6.90. The lowest BCUT2D eigenvalue weighted by Gasteiger charge is -2.04. The van der Waals surface area contributed by atoms with E-state index in [9.17, 15) is 9.59 Å². The molecule has 3 aromatic heterocycles. The zero-order valence-corrected chi connectivity index (χ0v) is 15.4. The second-order valence-electron chi connectivity index (χ2n) is 5.81. The van der Waals surface area contributed by atoms with Crippen LogP contribution >= 0.6 is 11.3 Å². The molecule has 0 saturated heterocycles. The molecule has 3 N–H and O–H groups in total. The first kappa shape index (κ1) is 18.0. The Hall–Kier alpha value is -2.81. The quantitative estimate of drug-likeness (QED) is 0.548. The molecule has 0 saturated carbocycles. The van der Waals surface area contributed by atoms with E-state index in [0.29, 0.717) is 35.1 Å². The Kier molecular flexibility index (Phi) is 5.57. The number of hydrogen-bond donors (Lipinski definition) is 3. The van der Waals surface area contributed by atoms with Gasteiger partial charge in [-0.15, -0.1) is 11.3 Å². The molecule has 0 bridgehead atoms. The molecule has 3 rings (SSSR count). The molecule has 0 atom stereocenters. The van der Waals surface area contributed by atoms with Gasteiger partial charge in [-0.25, -0.2) is 15.0 Å². The summed E-state index contributed by atoms with van der Waals surface area (Å²) in [4.78, 5) is 39.9. The molecule has 136 valence electrons. The molecule has 0 radical (unpaired) electrons. The summed E-state index contributed by atoms with van der Waals surface area (Å²) in [6, 6.07) is 3.64. The summed E-state index contributed by atoms with van der Waals surface area (Å²) in [5, 5.41) is 6.95. The molecule has 0 aromatic carbocycles. The summed E-state index contributed by atoms with van der Waals surface area (Å²) in [6.45, 7) is 4.86. The summed E-state index contributed by atoms with van der Waals surface area (Å²) in [5.41, 5.74) is 0.870. The lowest BCUT2D eigenvalue weighted by molar-refractivity contribution is 0.0957. The SMILES string of the molecule is CCCCNC(=O)c1ccc(NCc2cnc3nc(C)[nH]c(=O)c3n2)s1. The number of hydrogen-bond acceptors (Lipinski definition) is 7. The van der Waals surface area contributed by atoms with E-state index in [1.54, 1.807) is 19.2 Å². The second kappa shape index (κ2) is 8.05. The van der Waals surface area contributed by atoms with Crippen molar-refractivity contribution in [1.82, 2.24) is 25.3 Å². The van der Waals surface area contributed by atoms with Gasteiger partial charge in [0.15, 0.2) is 11.2 Å². The van der Waals surface area contributed by atoms with E-state index < -0.39 is 0 Å². The van der Waals surface area contributed by atoms with Crippen LogP contribution in [0.2, 0.25) is 0 Å². The third kappa shape index (κ3) is 4.23. The molecule has 3 aromatic rings. The number of rotatable bonds is 7. The van der Waals surface area contributed by atoms with Crippen LogP contribution in [0, 0.1) is 6.92 Å². The molecule has 0 spiro atoms. The van der Waals surface area contributed by atoms with E-state index >= 15 is 0 Å². The predicted octanol–water partition coefficient (Wildman–Crippen LogP) is 2.23. The lowest BCUT2D eigenvalue weighted by Crippen LogP contribution is -2.23. The van der Waals surface area contributed by atoms with E-state index in [4.69, 9.17) is 0 Å². The first-order valence-electron chi connectivity index (χ1n) is 8.41. The first-order chi connectivity index (χ1) is 12.6. The fourth-order valence-corrected chi connectivity index (χ4v) is 3.17. The highest BCUT2D eigenvalue weighted by Crippen LogP contribution is 2.22. The molecule has 0 unspecified atom stereocenters. The van der Waals surface area contributed by atoms with Crippen molar-refractivity contribution in [2.24, 2.45) is 0 Å². The molecule has 0 aliphatic rings. The van der Waals surface area contributed by atoms with Crippen molar-refractivity contribution in [3.8, 4) is 0 Å². The summed E-state index contributed by atoms with van der Waals surface area (Å²) in [7, 11) is 0. The number of anilines is 1. The van der Waals surface area contributed by atoms with Crippen molar-refractivity contribution in [3.63, 3.8) is 0 Å². The van der Waals surface area contributed by atoms with Gasteiger partial charge in [0.25, 0.3) is 11.5 Å². The van der Waals surface area contributed by atoms with Gasteiger partial charge in [-0.3, -0.25) is 9.59 Å². The summed E-state index contributed by atoms with van der Waals surface area (Å²) in [6.07, 6.45) is 3.60. The molecule has 0 aliphatic heterocycles. The third-order valence-corrected chi connectivity index (χ3v) is 4.72. The average Bonchev–Trinajstić information content (AvgIpc) is 3.09. The van der Waals surface area contributed by atoms with Crippen LogP contribution in [0.15, 0.2) is 23.1 Å². The number of unbranched alkanes of at least 4 members (excludes halogenated alkanes) is 1. The number of H-pyrrole nitrogens is 1. The molecule has 1 amide bonds. The Balaban J connectivity index is 1.65. The maximum Gasteiger partial charge on any atom is 0.279 e. The van der Waals surface area contributed by atoms with Gasteiger partial charge in [-0.05, 0) is 25.5 Å². The topological polar surface area (TPSA) is 113 Å². The monoisotopic (exact) mass is 372 g/mol. The minimum Gasteiger partial charge on any atom is -0.371 e. The fourth-order valence-electron chi connectivity index (χ4n) is 2.35. The van der Waals surface area contributed by atoms with E-state index in [0.717, 1.165) is 17.8 Å². The number of nitrogens with one attached hydrogen (secondary N) is 3. The molecule has 8 nitrogen and oxygen atoms in total. The van der Waals surface area contributed by atoms with Crippen molar-refractivity contribution in [2.45, 2.75) is 33.2 Å². The zero-order chi connectivity index (χ0) is 18.5. The van der Waals surface area contributed by atoms with Crippen LogP contribution in [0.5, 0.6) is 0 Å². The number of carbonyl (C=O) groups is 1. The number of fused-ring (bicyclic) bond motifs is 1. The highest BCUT2D eigenvalue weighted by molar-refractivity contribution is 7.17. The smallest absolute Gasteiger partial charge is 0.279 e. The Bertz CT molecular complexity index is 981. The average molecular weight is 372 g/mol. The number of aromatic amines is 1. The fraction of sp³-hybridized carbons (Fsp3) is 0.353. The van der Waals surface area contributed by atoms with Gasteiger partial charge in [0.05, 0.1) is 28.3 Å². The highest BCUT2D eigenvalue weighted by Gasteiger charge is 2.10. The summed E-state index contributed by atoms with van der Waals surface area (Å²) < 4.78 is 0. The van der Waals surface area contributed by atoms with Crippen molar-refractivity contribution in [2.75, 3.05) is 11.9 Å². The Morgan fingerprint density at radius 2 is 2.15 bits per heavy atom. The van der Waals surface area contributed by atoms with Crippen LogP contribution in [-0.4, -0.2) is 32.4 Å². The molecular formula is C17H20N6O2S. The number of carbonyl (C=O) groups excluding carboxylic acids is 1.